The van der Waals surface area contributed by atoms with Gasteiger partial charge in [0.05, 0.1) is 18.1 Å². The van der Waals surface area contributed by atoms with Crippen LogP contribution in [0.1, 0.15) is 53.4 Å². The fourth-order valence-corrected chi connectivity index (χ4v) is 1.89. The number of rotatable bonds is 7. The van der Waals surface area contributed by atoms with Crippen molar-refractivity contribution in [2.75, 3.05) is 6.61 Å². The molecular weight excluding hydrogens is 192 g/mol. The van der Waals surface area contributed by atoms with Crippen molar-refractivity contribution in [3.8, 4) is 0 Å². The van der Waals surface area contributed by atoms with Crippen LogP contribution in [0.5, 0.6) is 0 Å². The lowest BCUT2D eigenvalue weighted by Crippen LogP contribution is -2.40. The fraction of sp³-hybridized carbons (Fsp3) is 0.917. The number of esters is 1. The van der Waals surface area contributed by atoms with Crippen LogP contribution in [-0.2, 0) is 9.53 Å². The monoisotopic (exact) mass is 216 g/mol. The summed E-state index contributed by atoms with van der Waals surface area (Å²) in [4.78, 5) is 11.7. The van der Waals surface area contributed by atoms with Crippen LogP contribution in [0.15, 0.2) is 0 Å². The highest BCUT2D eigenvalue weighted by atomic mass is 16.5. The SMILES string of the molecule is CCCC(C(=O)OCC)C(C)(O)CCC. The molecule has 0 saturated carbocycles. The first-order chi connectivity index (χ1) is 6.99. The van der Waals surface area contributed by atoms with E-state index in [0.717, 1.165) is 12.8 Å². The van der Waals surface area contributed by atoms with E-state index in [-0.39, 0.29) is 11.9 Å². The van der Waals surface area contributed by atoms with Gasteiger partial charge in [-0.05, 0) is 26.7 Å². The molecule has 0 aromatic carbocycles. The molecule has 0 aromatic rings. The average Bonchev–Trinajstić information content (AvgIpc) is 2.14. The van der Waals surface area contributed by atoms with Crippen LogP contribution in [0.2, 0.25) is 0 Å². The zero-order valence-electron chi connectivity index (χ0n) is 10.4. The van der Waals surface area contributed by atoms with Crippen molar-refractivity contribution >= 4 is 5.97 Å². The van der Waals surface area contributed by atoms with Gasteiger partial charge in [0.1, 0.15) is 0 Å². The van der Waals surface area contributed by atoms with Gasteiger partial charge >= 0.3 is 5.97 Å². The third kappa shape index (κ3) is 4.65. The Morgan fingerprint density at radius 2 is 1.93 bits per heavy atom. The Balaban J connectivity index is 4.55. The van der Waals surface area contributed by atoms with Crippen molar-refractivity contribution < 1.29 is 14.6 Å². The summed E-state index contributed by atoms with van der Waals surface area (Å²) in [6, 6.07) is 0. The molecule has 0 fully saturated rings. The second kappa shape index (κ2) is 6.83. The first-order valence-electron chi connectivity index (χ1n) is 5.88. The minimum atomic E-state index is -0.934. The van der Waals surface area contributed by atoms with Crippen LogP contribution < -0.4 is 0 Å². The lowest BCUT2D eigenvalue weighted by molar-refractivity contribution is -0.158. The van der Waals surface area contributed by atoms with E-state index in [2.05, 4.69) is 0 Å². The molecule has 3 heteroatoms. The molecular formula is C12H24O3. The normalized spacial score (nSPS) is 16.9. The average molecular weight is 216 g/mol. The third-order valence-electron chi connectivity index (χ3n) is 2.66. The summed E-state index contributed by atoms with van der Waals surface area (Å²) in [5.74, 6) is -0.653. The molecule has 3 nitrogen and oxygen atoms in total. The van der Waals surface area contributed by atoms with Crippen molar-refractivity contribution in [1.29, 1.82) is 0 Å². The molecule has 0 spiro atoms. The summed E-state index contributed by atoms with van der Waals surface area (Å²) in [6.07, 6.45) is 3.07. The van der Waals surface area contributed by atoms with Crippen LogP contribution in [0.3, 0.4) is 0 Å². The Hall–Kier alpha value is -0.570. The fourth-order valence-electron chi connectivity index (χ4n) is 1.89. The maximum absolute atomic E-state index is 11.7. The van der Waals surface area contributed by atoms with Gasteiger partial charge in [-0.15, -0.1) is 0 Å². The topological polar surface area (TPSA) is 46.5 Å². The van der Waals surface area contributed by atoms with E-state index in [1.807, 2.05) is 13.8 Å². The second-order valence-corrected chi connectivity index (χ2v) is 4.20. The molecule has 0 radical (unpaired) electrons. The minimum Gasteiger partial charge on any atom is -0.466 e. The quantitative estimate of drug-likeness (QED) is 0.665. The predicted octanol–water partition coefficient (Wildman–Crippen LogP) is 2.52. The Morgan fingerprint density at radius 3 is 2.33 bits per heavy atom. The highest BCUT2D eigenvalue weighted by Crippen LogP contribution is 2.27. The standard InChI is InChI=1S/C12H24O3/c1-5-8-10(11(13)15-7-3)12(4,14)9-6-2/h10,14H,5-9H2,1-4H3. The number of carbonyl (C=O) groups excluding carboxylic acids is 1. The summed E-state index contributed by atoms with van der Waals surface area (Å²) < 4.78 is 4.99. The molecule has 0 aromatic heterocycles. The summed E-state index contributed by atoms with van der Waals surface area (Å²) in [5, 5.41) is 10.2. The van der Waals surface area contributed by atoms with E-state index in [1.165, 1.54) is 0 Å². The van der Waals surface area contributed by atoms with Crippen molar-refractivity contribution in [1.82, 2.24) is 0 Å². The van der Waals surface area contributed by atoms with Crippen LogP contribution in [-0.4, -0.2) is 23.3 Å². The lowest BCUT2D eigenvalue weighted by atomic mass is 9.82. The third-order valence-corrected chi connectivity index (χ3v) is 2.66. The molecule has 0 aliphatic rings. The van der Waals surface area contributed by atoms with E-state index >= 15 is 0 Å². The minimum absolute atomic E-state index is 0.266. The molecule has 0 aliphatic heterocycles. The summed E-state index contributed by atoms with van der Waals surface area (Å²) >= 11 is 0. The molecule has 0 rings (SSSR count). The Kier molecular flexibility index (Phi) is 6.57. The highest BCUT2D eigenvalue weighted by Gasteiger charge is 2.36. The number of hydrogen-bond donors (Lipinski definition) is 1. The van der Waals surface area contributed by atoms with Gasteiger partial charge in [0, 0.05) is 0 Å². The smallest absolute Gasteiger partial charge is 0.311 e. The summed E-state index contributed by atoms with van der Waals surface area (Å²) in [6.45, 7) is 7.90. The Bertz CT molecular complexity index is 187. The highest BCUT2D eigenvalue weighted by molar-refractivity contribution is 5.73. The number of carbonyl (C=O) groups is 1. The van der Waals surface area contributed by atoms with E-state index < -0.39 is 5.60 Å². The zero-order chi connectivity index (χ0) is 11.9. The number of ether oxygens (including phenoxy) is 1. The maximum atomic E-state index is 11.7. The van der Waals surface area contributed by atoms with Gasteiger partial charge in [0.15, 0.2) is 0 Å². The molecule has 1 N–H and O–H groups in total. The van der Waals surface area contributed by atoms with Crippen LogP contribution >= 0.6 is 0 Å². The molecule has 0 bridgehead atoms. The number of aliphatic hydroxyl groups is 1. The largest absolute Gasteiger partial charge is 0.466 e. The van der Waals surface area contributed by atoms with Crippen LogP contribution in [0.25, 0.3) is 0 Å². The number of hydrogen-bond acceptors (Lipinski definition) is 3. The van der Waals surface area contributed by atoms with E-state index in [4.69, 9.17) is 4.74 Å². The van der Waals surface area contributed by atoms with Gasteiger partial charge in [-0.1, -0.05) is 26.7 Å². The maximum Gasteiger partial charge on any atom is 0.311 e. The van der Waals surface area contributed by atoms with E-state index in [1.54, 1.807) is 13.8 Å². The van der Waals surface area contributed by atoms with Crippen LogP contribution in [0, 0.1) is 5.92 Å². The molecule has 0 heterocycles. The van der Waals surface area contributed by atoms with Crippen LogP contribution in [0.4, 0.5) is 0 Å². The van der Waals surface area contributed by atoms with Gasteiger partial charge in [0.2, 0.25) is 0 Å². The van der Waals surface area contributed by atoms with Crippen molar-refractivity contribution in [3.63, 3.8) is 0 Å². The first-order valence-corrected chi connectivity index (χ1v) is 5.88. The summed E-state index contributed by atoms with van der Waals surface area (Å²) in [7, 11) is 0. The molecule has 0 saturated heterocycles. The first kappa shape index (κ1) is 14.4. The van der Waals surface area contributed by atoms with Gasteiger partial charge < -0.3 is 9.84 Å². The molecule has 0 amide bonds. The second-order valence-electron chi connectivity index (χ2n) is 4.20. The van der Waals surface area contributed by atoms with E-state index in [9.17, 15) is 9.90 Å². The Labute approximate surface area is 92.8 Å². The lowest BCUT2D eigenvalue weighted by Gasteiger charge is -2.30. The van der Waals surface area contributed by atoms with Crippen molar-refractivity contribution in [2.24, 2.45) is 5.92 Å². The van der Waals surface area contributed by atoms with Gasteiger partial charge in [-0.2, -0.15) is 0 Å². The van der Waals surface area contributed by atoms with Gasteiger partial charge in [0.25, 0.3) is 0 Å². The van der Waals surface area contributed by atoms with Crippen molar-refractivity contribution in [3.05, 3.63) is 0 Å². The Morgan fingerprint density at radius 1 is 1.33 bits per heavy atom. The van der Waals surface area contributed by atoms with Crippen molar-refractivity contribution in [2.45, 2.75) is 59.0 Å². The predicted molar refractivity (Wildman–Crippen MR) is 60.6 cm³/mol. The zero-order valence-corrected chi connectivity index (χ0v) is 10.4. The molecule has 2 atom stereocenters. The molecule has 0 aliphatic carbocycles. The van der Waals surface area contributed by atoms with E-state index in [0.29, 0.717) is 19.4 Å². The van der Waals surface area contributed by atoms with Gasteiger partial charge in [-0.25, -0.2) is 0 Å². The molecule has 90 valence electrons. The molecule has 15 heavy (non-hydrogen) atoms. The summed E-state index contributed by atoms with van der Waals surface area (Å²) in [5.41, 5.74) is -0.934. The van der Waals surface area contributed by atoms with Gasteiger partial charge in [-0.3, -0.25) is 4.79 Å². The molecule has 2 unspecified atom stereocenters.